The number of rotatable bonds is 3. The molecule has 0 saturated carbocycles. The zero-order valence-corrected chi connectivity index (χ0v) is 9.79. The standard InChI is InChI=1S/C10H11IO2/c1-3-13-10-8(7(2)12)5-4-6-9(10)11/h4-6H,3H2,1-2H3. The highest BCUT2D eigenvalue weighted by atomic mass is 127. The van der Waals surface area contributed by atoms with Gasteiger partial charge < -0.3 is 4.74 Å². The molecule has 0 saturated heterocycles. The van der Waals surface area contributed by atoms with E-state index in [0.29, 0.717) is 17.9 Å². The highest BCUT2D eigenvalue weighted by molar-refractivity contribution is 14.1. The first-order valence-corrected chi connectivity index (χ1v) is 5.17. The number of ketones is 1. The van der Waals surface area contributed by atoms with Crippen molar-refractivity contribution in [2.75, 3.05) is 6.61 Å². The summed E-state index contributed by atoms with van der Waals surface area (Å²) in [5.41, 5.74) is 0.661. The zero-order chi connectivity index (χ0) is 9.84. The molecular weight excluding hydrogens is 279 g/mol. The van der Waals surface area contributed by atoms with Crippen LogP contribution >= 0.6 is 22.6 Å². The molecule has 3 heteroatoms. The number of ether oxygens (including phenoxy) is 1. The summed E-state index contributed by atoms with van der Waals surface area (Å²) >= 11 is 2.17. The van der Waals surface area contributed by atoms with Crippen LogP contribution in [-0.4, -0.2) is 12.4 Å². The SMILES string of the molecule is CCOc1c(I)cccc1C(C)=O. The van der Waals surface area contributed by atoms with Crippen molar-refractivity contribution in [1.29, 1.82) is 0 Å². The molecule has 0 aromatic heterocycles. The summed E-state index contributed by atoms with van der Waals surface area (Å²) < 4.78 is 6.38. The van der Waals surface area contributed by atoms with Gasteiger partial charge in [-0.05, 0) is 48.6 Å². The van der Waals surface area contributed by atoms with Crippen LogP contribution in [0.4, 0.5) is 0 Å². The highest BCUT2D eigenvalue weighted by Gasteiger charge is 2.10. The molecular formula is C10H11IO2. The molecule has 2 nitrogen and oxygen atoms in total. The lowest BCUT2D eigenvalue weighted by Gasteiger charge is -2.09. The van der Waals surface area contributed by atoms with E-state index in [1.54, 1.807) is 13.0 Å². The van der Waals surface area contributed by atoms with Crippen molar-refractivity contribution in [2.45, 2.75) is 13.8 Å². The molecule has 0 aliphatic carbocycles. The Bertz CT molecular complexity index is 321. The van der Waals surface area contributed by atoms with E-state index in [9.17, 15) is 4.79 Å². The molecule has 0 amide bonds. The molecule has 0 radical (unpaired) electrons. The van der Waals surface area contributed by atoms with Crippen molar-refractivity contribution in [2.24, 2.45) is 0 Å². The quantitative estimate of drug-likeness (QED) is 0.632. The maximum absolute atomic E-state index is 11.2. The predicted octanol–water partition coefficient (Wildman–Crippen LogP) is 2.89. The Morgan fingerprint density at radius 2 is 2.23 bits per heavy atom. The third-order valence-corrected chi connectivity index (χ3v) is 2.48. The van der Waals surface area contributed by atoms with Crippen molar-refractivity contribution < 1.29 is 9.53 Å². The van der Waals surface area contributed by atoms with Crippen LogP contribution in [0.2, 0.25) is 0 Å². The van der Waals surface area contributed by atoms with Gasteiger partial charge in [-0.3, -0.25) is 4.79 Å². The summed E-state index contributed by atoms with van der Waals surface area (Å²) in [5, 5.41) is 0. The first-order valence-electron chi connectivity index (χ1n) is 4.09. The van der Waals surface area contributed by atoms with E-state index >= 15 is 0 Å². The van der Waals surface area contributed by atoms with Crippen LogP contribution in [0.15, 0.2) is 18.2 Å². The van der Waals surface area contributed by atoms with E-state index in [-0.39, 0.29) is 5.78 Å². The van der Waals surface area contributed by atoms with Gasteiger partial charge in [0, 0.05) is 0 Å². The third kappa shape index (κ3) is 2.43. The third-order valence-electron chi connectivity index (χ3n) is 1.63. The lowest BCUT2D eigenvalue weighted by atomic mass is 10.1. The maximum Gasteiger partial charge on any atom is 0.163 e. The minimum Gasteiger partial charge on any atom is -0.492 e. The van der Waals surface area contributed by atoms with Crippen molar-refractivity contribution in [3.05, 3.63) is 27.3 Å². The minimum absolute atomic E-state index is 0.0435. The van der Waals surface area contributed by atoms with E-state index in [1.807, 2.05) is 19.1 Å². The Balaban J connectivity index is 3.17. The van der Waals surface area contributed by atoms with Gasteiger partial charge in [-0.15, -0.1) is 0 Å². The number of para-hydroxylation sites is 1. The summed E-state index contributed by atoms with van der Waals surface area (Å²) in [6, 6.07) is 5.58. The smallest absolute Gasteiger partial charge is 0.163 e. The summed E-state index contributed by atoms with van der Waals surface area (Å²) in [6.45, 7) is 4.04. The number of halogens is 1. The van der Waals surface area contributed by atoms with Crippen molar-refractivity contribution in [3.8, 4) is 5.75 Å². The number of hydrogen-bond acceptors (Lipinski definition) is 2. The van der Waals surface area contributed by atoms with Crippen LogP contribution in [0.1, 0.15) is 24.2 Å². The van der Waals surface area contributed by atoms with Gasteiger partial charge in [0.05, 0.1) is 15.7 Å². The van der Waals surface area contributed by atoms with E-state index in [0.717, 1.165) is 3.57 Å². The lowest BCUT2D eigenvalue weighted by molar-refractivity contribution is 0.101. The van der Waals surface area contributed by atoms with Crippen LogP contribution in [0.5, 0.6) is 5.75 Å². The van der Waals surface area contributed by atoms with Crippen LogP contribution in [0.25, 0.3) is 0 Å². The largest absolute Gasteiger partial charge is 0.492 e. The highest BCUT2D eigenvalue weighted by Crippen LogP contribution is 2.25. The maximum atomic E-state index is 11.2. The number of Topliss-reactive ketones (excluding diaryl/α,β-unsaturated/α-hetero) is 1. The molecule has 1 aromatic rings. The average molecular weight is 290 g/mol. The monoisotopic (exact) mass is 290 g/mol. The Morgan fingerprint density at radius 1 is 1.54 bits per heavy atom. The van der Waals surface area contributed by atoms with E-state index in [2.05, 4.69) is 22.6 Å². The second kappa shape index (κ2) is 4.60. The Hall–Kier alpha value is -0.580. The second-order valence-corrected chi connectivity index (χ2v) is 3.77. The fourth-order valence-corrected chi connectivity index (χ4v) is 1.73. The first-order chi connectivity index (χ1) is 6.16. The molecule has 0 fully saturated rings. The van der Waals surface area contributed by atoms with Gasteiger partial charge in [0.2, 0.25) is 0 Å². The van der Waals surface area contributed by atoms with E-state index < -0.39 is 0 Å². The van der Waals surface area contributed by atoms with Gasteiger partial charge >= 0.3 is 0 Å². The molecule has 13 heavy (non-hydrogen) atoms. The van der Waals surface area contributed by atoms with Crippen LogP contribution < -0.4 is 4.74 Å². The average Bonchev–Trinajstić information content (AvgIpc) is 2.08. The topological polar surface area (TPSA) is 26.3 Å². The number of benzene rings is 1. The summed E-state index contributed by atoms with van der Waals surface area (Å²) in [4.78, 5) is 11.2. The minimum atomic E-state index is 0.0435. The van der Waals surface area contributed by atoms with Crippen LogP contribution in [-0.2, 0) is 0 Å². The Labute approximate surface area is 91.4 Å². The molecule has 70 valence electrons. The van der Waals surface area contributed by atoms with Crippen LogP contribution in [0, 0.1) is 3.57 Å². The van der Waals surface area contributed by atoms with Crippen molar-refractivity contribution >= 4 is 28.4 Å². The second-order valence-electron chi connectivity index (χ2n) is 2.61. The fraction of sp³-hybridized carbons (Fsp3) is 0.300. The molecule has 1 rings (SSSR count). The molecule has 0 atom stereocenters. The van der Waals surface area contributed by atoms with Gasteiger partial charge in [0.1, 0.15) is 5.75 Å². The number of carbonyl (C=O) groups excluding carboxylic acids is 1. The molecule has 0 aliphatic heterocycles. The van der Waals surface area contributed by atoms with Crippen molar-refractivity contribution in [3.63, 3.8) is 0 Å². The Kier molecular flexibility index (Phi) is 3.71. The molecule has 0 heterocycles. The van der Waals surface area contributed by atoms with Gasteiger partial charge in [-0.25, -0.2) is 0 Å². The molecule has 0 N–H and O–H groups in total. The van der Waals surface area contributed by atoms with Gasteiger partial charge in [0.25, 0.3) is 0 Å². The van der Waals surface area contributed by atoms with E-state index in [4.69, 9.17) is 4.74 Å². The number of hydrogen-bond donors (Lipinski definition) is 0. The Morgan fingerprint density at radius 3 is 2.77 bits per heavy atom. The van der Waals surface area contributed by atoms with E-state index in [1.165, 1.54) is 0 Å². The summed E-state index contributed by atoms with van der Waals surface area (Å²) in [6.07, 6.45) is 0. The lowest BCUT2D eigenvalue weighted by Crippen LogP contribution is -2.02. The van der Waals surface area contributed by atoms with Gasteiger partial charge in [-0.2, -0.15) is 0 Å². The van der Waals surface area contributed by atoms with Gasteiger partial charge in [-0.1, -0.05) is 6.07 Å². The van der Waals surface area contributed by atoms with Crippen molar-refractivity contribution in [1.82, 2.24) is 0 Å². The summed E-state index contributed by atoms with van der Waals surface area (Å²) in [5.74, 6) is 0.750. The normalized spacial score (nSPS) is 9.77. The molecule has 0 unspecified atom stereocenters. The summed E-state index contributed by atoms with van der Waals surface area (Å²) in [7, 11) is 0. The van der Waals surface area contributed by atoms with Gasteiger partial charge in [0.15, 0.2) is 5.78 Å². The molecule has 0 spiro atoms. The molecule has 0 bridgehead atoms. The fourth-order valence-electron chi connectivity index (χ4n) is 1.08. The predicted molar refractivity (Wildman–Crippen MR) is 60.3 cm³/mol. The van der Waals surface area contributed by atoms with Crippen LogP contribution in [0.3, 0.4) is 0 Å². The first kappa shape index (κ1) is 10.5. The molecule has 0 aliphatic rings. The zero-order valence-electron chi connectivity index (χ0n) is 7.63. The number of carbonyl (C=O) groups is 1. The molecule has 1 aromatic carbocycles.